The molecule has 0 aliphatic carbocycles. The van der Waals surface area contributed by atoms with Crippen LogP contribution in [0.4, 0.5) is 4.79 Å². The van der Waals surface area contributed by atoms with Gasteiger partial charge in [-0.3, -0.25) is 9.69 Å². The number of amides is 3. The average Bonchev–Trinajstić information content (AvgIpc) is 3.17. The summed E-state index contributed by atoms with van der Waals surface area (Å²) < 4.78 is 12.0. The number of allylic oxidation sites excluding steroid dienone is 1. The van der Waals surface area contributed by atoms with Crippen LogP contribution in [0.15, 0.2) is 79.0 Å². The Bertz CT molecular complexity index is 1420. The van der Waals surface area contributed by atoms with E-state index in [-0.39, 0.29) is 24.4 Å². The fourth-order valence-corrected chi connectivity index (χ4v) is 4.16. The SMILES string of the molecule is C=CCc1cc(/C=C2/NC(=O)N(Cc3ccc(C)cc3)C2=O)cc(OCC)c1OCc1ccc(C(=O)O)cc1. The van der Waals surface area contributed by atoms with E-state index in [1.165, 1.54) is 17.0 Å². The summed E-state index contributed by atoms with van der Waals surface area (Å²) in [6.07, 6.45) is 3.84. The minimum atomic E-state index is -0.991. The van der Waals surface area contributed by atoms with Crippen molar-refractivity contribution in [1.82, 2.24) is 10.2 Å². The Labute approximate surface area is 227 Å². The fraction of sp³-hybridized carbons (Fsp3) is 0.194. The Balaban J connectivity index is 1.59. The highest BCUT2D eigenvalue weighted by Gasteiger charge is 2.33. The van der Waals surface area contributed by atoms with E-state index in [2.05, 4.69) is 11.9 Å². The van der Waals surface area contributed by atoms with Gasteiger partial charge in [0.15, 0.2) is 11.5 Å². The number of imide groups is 1. The van der Waals surface area contributed by atoms with E-state index in [1.54, 1.807) is 30.4 Å². The molecule has 0 saturated carbocycles. The van der Waals surface area contributed by atoms with Gasteiger partial charge in [0, 0.05) is 5.56 Å². The number of nitrogens with one attached hydrogen (secondary N) is 1. The van der Waals surface area contributed by atoms with E-state index in [0.29, 0.717) is 30.1 Å². The van der Waals surface area contributed by atoms with Crippen molar-refractivity contribution in [2.24, 2.45) is 0 Å². The summed E-state index contributed by atoms with van der Waals surface area (Å²) in [6.45, 7) is 8.44. The van der Waals surface area contributed by atoms with Crippen molar-refractivity contribution in [3.8, 4) is 11.5 Å². The van der Waals surface area contributed by atoms with E-state index < -0.39 is 17.9 Å². The Kier molecular flexibility index (Phi) is 8.46. The van der Waals surface area contributed by atoms with E-state index in [9.17, 15) is 14.4 Å². The number of ether oxygens (including phenoxy) is 2. The molecule has 1 saturated heterocycles. The third-order valence-electron chi connectivity index (χ3n) is 6.14. The molecule has 3 aromatic rings. The van der Waals surface area contributed by atoms with Crippen LogP contribution in [-0.4, -0.2) is 34.5 Å². The standard InChI is InChI=1S/C31H30N2O6/c1-4-6-25-15-23(16-26-29(34)33(31(37)32-26)18-21-9-7-20(3)8-10-21)17-27(38-5-2)28(25)39-19-22-11-13-24(14-12-22)30(35)36/h4,7-17H,1,5-6,18-19H2,2-3H3,(H,32,37)(H,35,36)/b26-16+. The zero-order valence-electron chi connectivity index (χ0n) is 21.9. The molecule has 0 atom stereocenters. The normalized spacial score (nSPS) is 13.9. The minimum Gasteiger partial charge on any atom is -0.490 e. The number of hydrogen-bond acceptors (Lipinski definition) is 5. The second-order valence-electron chi connectivity index (χ2n) is 9.09. The minimum absolute atomic E-state index is 0.173. The first-order valence-electron chi connectivity index (χ1n) is 12.5. The van der Waals surface area contributed by atoms with E-state index in [4.69, 9.17) is 14.6 Å². The molecule has 3 aromatic carbocycles. The van der Waals surface area contributed by atoms with E-state index in [1.807, 2.05) is 44.2 Å². The molecule has 3 amide bonds. The average molecular weight is 527 g/mol. The molecule has 1 heterocycles. The molecule has 8 heteroatoms. The number of benzene rings is 3. The van der Waals surface area contributed by atoms with E-state index in [0.717, 1.165) is 22.3 Å². The van der Waals surface area contributed by atoms with E-state index >= 15 is 0 Å². The maximum Gasteiger partial charge on any atom is 0.335 e. The number of hydrogen-bond donors (Lipinski definition) is 2. The number of aryl methyl sites for hydroxylation is 1. The first-order chi connectivity index (χ1) is 18.8. The van der Waals surface area contributed by atoms with Crippen LogP contribution in [0.2, 0.25) is 0 Å². The zero-order valence-corrected chi connectivity index (χ0v) is 21.9. The molecule has 2 N–H and O–H groups in total. The highest BCUT2D eigenvalue weighted by Crippen LogP contribution is 2.35. The lowest BCUT2D eigenvalue weighted by atomic mass is 10.0. The maximum absolute atomic E-state index is 13.1. The molecule has 4 rings (SSSR count). The van der Waals surface area contributed by atoms with Gasteiger partial charge in [-0.1, -0.05) is 48.0 Å². The predicted octanol–water partition coefficient (Wildman–Crippen LogP) is 5.49. The molecule has 0 unspecified atom stereocenters. The van der Waals surface area contributed by atoms with Gasteiger partial charge in [-0.25, -0.2) is 9.59 Å². The molecule has 200 valence electrons. The number of carbonyl (C=O) groups is 3. The number of urea groups is 1. The number of carboxylic acids is 1. The van der Waals surface area contributed by atoms with Crippen LogP contribution >= 0.6 is 0 Å². The summed E-state index contributed by atoms with van der Waals surface area (Å²) in [6, 6.07) is 17.3. The van der Waals surface area contributed by atoms with Crippen LogP contribution in [0.25, 0.3) is 6.08 Å². The lowest BCUT2D eigenvalue weighted by Gasteiger charge is -2.17. The highest BCUT2D eigenvalue weighted by atomic mass is 16.5. The molecule has 8 nitrogen and oxygen atoms in total. The van der Waals surface area contributed by atoms with Crippen molar-refractivity contribution in [2.45, 2.75) is 33.4 Å². The van der Waals surface area contributed by atoms with Crippen LogP contribution in [0.3, 0.4) is 0 Å². The molecule has 0 radical (unpaired) electrons. The van der Waals surface area contributed by atoms with Crippen LogP contribution in [-0.2, 0) is 24.4 Å². The summed E-state index contributed by atoms with van der Waals surface area (Å²) in [4.78, 5) is 38.0. The maximum atomic E-state index is 13.1. The first kappa shape index (κ1) is 27.2. The van der Waals surface area contributed by atoms with Crippen LogP contribution in [0.1, 0.15) is 45.1 Å². The summed E-state index contributed by atoms with van der Waals surface area (Å²) >= 11 is 0. The van der Waals surface area contributed by atoms with Gasteiger partial charge in [0.25, 0.3) is 5.91 Å². The van der Waals surface area contributed by atoms with Crippen LogP contribution in [0, 0.1) is 6.92 Å². The number of aromatic carboxylic acids is 1. The molecule has 39 heavy (non-hydrogen) atoms. The Morgan fingerprint density at radius 1 is 1.03 bits per heavy atom. The zero-order chi connectivity index (χ0) is 27.9. The molecule has 1 fully saturated rings. The number of carbonyl (C=O) groups excluding carboxylic acids is 2. The number of carboxylic acid groups (broad SMARTS) is 1. The second kappa shape index (κ2) is 12.1. The lowest BCUT2D eigenvalue weighted by Crippen LogP contribution is -2.30. The smallest absolute Gasteiger partial charge is 0.335 e. The first-order valence-corrected chi connectivity index (χ1v) is 12.5. The topological polar surface area (TPSA) is 105 Å². The Morgan fingerprint density at radius 3 is 2.36 bits per heavy atom. The van der Waals surface area contributed by atoms with Gasteiger partial charge >= 0.3 is 12.0 Å². The Morgan fingerprint density at radius 2 is 1.72 bits per heavy atom. The largest absolute Gasteiger partial charge is 0.490 e. The van der Waals surface area contributed by atoms with Gasteiger partial charge in [0.1, 0.15) is 12.3 Å². The van der Waals surface area contributed by atoms with Gasteiger partial charge in [0.2, 0.25) is 0 Å². The van der Waals surface area contributed by atoms with Gasteiger partial charge < -0.3 is 19.9 Å². The Hall–Kier alpha value is -4.85. The highest BCUT2D eigenvalue weighted by molar-refractivity contribution is 6.13. The number of rotatable bonds is 11. The van der Waals surface area contributed by atoms with Crippen LogP contribution in [0.5, 0.6) is 11.5 Å². The van der Waals surface area contributed by atoms with Crippen molar-refractivity contribution in [3.63, 3.8) is 0 Å². The molecule has 1 aliphatic heterocycles. The van der Waals surface area contributed by atoms with Gasteiger partial charge in [-0.2, -0.15) is 0 Å². The molecule has 1 aliphatic rings. The molecule has 0 aromatic heterocycles. The van der Waals surface area contributed by atoms with Crippen molar-refractivity contribution in [3.05, 3.63) is 112 Å². The third-order valence-corrected chi connectivity index (χ3v) is 6.14. The van der Waals surface area contributed by atoms with Crippen molar-refractivity contribution in [1.29, 1.82) is 0 Å². The number of nitrogens with zero attached hydrogens (tertiary/aromatic N) is 1. The third kappa shape index (κ3) is 6.54. The van der Waals surface area contributed by atoms with Gasteiger partial charge in [0.05, 0.1) is 18.7 Å². The monoisotopic (exact) mass is 526 g/mol. The quantitative estimate of drug-likeness (QED) is 0.194. The molecule has 0 bridgehead atoms. The predicted molar refractivity (Wildman–Crippen MR) is 147 cm³/mol. The van der Waals surface area contributed by atoms with Crippen molar-refractivity contribution >= 4 is 24.0 Å². The second-order valence-corrected chi connectivity index (χ2v) is 9.09. The summed E-state index contributed by atoms with van der Waals surface area (Å²) in [5.41, 5.74) is 4.58. The van der Waals surface area contributed by atoms with Crippen molar-refractivity contribution in [2.75, 3.05) is 6.61 Å². The summed E-state index contributed by atoms with van der Waals surface area (Å²) in [5, 5.41) is 11.8. The lowest BCUT2D eigenvalue weighted by molar-refractivity contribution is -0.123. The molecular weight excluding hydrogens is 496 g/mol. The summed E-state index contributed by atoms with van der Waals surface area (Å²) in [7, 11) is 0. The fourth-order valence-electron chi connectivity index (χ4n) is 4.16. The van der Waals surface area contributed by atoms with Crippen LogP contribution < -0.4 is 14.8 Å². The van der Waals surface area contributed by atoms with Gasteiger partial charge in [-0.15, -0.1) is 6.58 Å². The van der Waals surface area contributed by atoms with Gasteiger partial charge in [-0.05, 0) is 67.3 Å². The summed E-state index contributed by atoms with van der Waals surface area (Å²) in [5.74, 6) is -0.383. The van der Waals surface area contributed by atoms with Crippen molar-refractivity contribution < 1.29 is 29.0 Å². The molecular formula is C31H30N2O6. The molecule has 0 spiro atoms.